The van der Waals surface area contributed by atoms with Crippen LogP contribution in [0.25, 0.3) is 10.8 Å². The molecule has 3 rings (SSSR count). The summed E-state index contributed by atoms with van der Waals surface area (Å²) in [5.41, 5.74) is 2.02. The minimum atomic E-state index is -0.934. The zero-order valence-corrected chi connectivity index (χ0v) is 14.0. The van der Waals surface area contributed by atoms with Crippen molar-refractivity contribution in [2.24, 2.45) is 0 Å². The Morgan fingerprint density at radius 2 is 2.00 bits per heavy atom. The van der Waals surface area contributed by atoms with Gasteiger partial charge in [0.25, 0.3) is 0 Å². The van der Waals surface area contributed by atoms with Gasteiger partial charge >= 0.3 is 0 Å². The monoisotopic (exact) mass is 331 g/mol. The minimum Gasteiger partial charge on any atom is -0.440 e. The third-order valence-electron chi connectivity index (χ3n) is 3.38. The van der Waals surface area contributed by atoms with Crippen molar-refractivity contribution in [2.45, 2.75) is 19.1 Å². The first-order valence-corrected chi connectivity index (χ1v) is 9.48. The first-order valence-electron chi connectivity index (χ1n) is 7.11. The van der Waals surface area contributed by atoms with Gasteiger partial charge in [-0.1, -0.05) is 36.4 Å². The van der Waals surface area contributed by atoms with Gasteiger partial charge in [-0.15, -0.1) is 11.3 Å². The summed E-state index contributed by atoms with van der Waals surface area (Å²) in [6, 6.07) is 14.1. The fraction of sp³-hybridized carbons (Fsp3) is 0.235. The molecule has 0 radical (unpaired) electrons. The molecule has 0 N–H and O–H groups in total. The number of hydrogen-bond acceptors (Lipinski definition) is 4. The molecular formula is C17H17NO2S2. The average molecular weight is 331 g/mol. The Kier molecular flexibility index (Phi) is 4.85. The molecule has 2 heterocycles. The molecule has 1 atom stereocenters. The van der Waals surface area contributed by atoms with Gasteiger partial charge in [0.15, 0.2) is 0 Å². The van der Waals surface area contributed by atoms with E-state index in [1.807, 2.05) is 42.6 Å². The largest absolute Gasteiger partial charge is 0.440 e. The van der Waals surface area contributed by atoms with Crippen LogP contribution in [-0.2, 0) is 23.0 Å². The molecule has 0 bridgehead atoms. The standard InChI is InChI=1S/C17H17NO2S2/c1-13-15(18-17(20-13)16-8-5-10-21-16)12-22(19)11-9-14-6-3-2-4-7-14/h2-8,10H,9,11-12H2,1H3/t22-/m1/s1. The van der Waals surface area contributed by atoms with Crippen LogP contribution in [-0.4, -0.2) is 14.9 Å². The number of aromatic nitrogens is 1. The number of thiophene rings is 1. The Bertz CT molecular complexity index is 748. The highest BCUT2D eigenvalue weighted by Gasteiger charge is 2.14. The predicted molar refractivity (Wildman–Crippen MR) is 91.4 cm³/mol. The maximum absolute atomic E-state index is 12.3. The average Bonchev–Trinajstić information content (AvgIpc) is 3.17. The zero-order valence-electron chi connectivity index (χ0n) is 12.3. The second-order valence-corrected chi connectivity index (χ2v) is 7.55. The van der Waals surface area contributed by atoms with E-state index in [-0.39, 0.29) is 0 Å². The minimum absolute atomic E-state index is 0.452. The van der Waals surface area contributed by atoms with Crippen molar-refractivity contribution < 1.29 is 8.63 Å². The highest BCUT2D eigenvalue weighted by molar-refractivity contribution is 7.84. The molecule has 0 fully saturated rings. The number of oxazole rings is 1. The summed E-state index contributed by atoms with van der Waals surface area (Å²) in [5.74, 6) is 2.48. The van der Waals surface area contributed by atoms with Crippen molar-refractivity contribution in [3.8, 4) is 10.8 Å². The number of aryl methyl sites for hydroxylation is 2. The van der Waals surface area contributed by atoms with Crippen LogP contribution in [0.4, 0.5) is 0 Å². The van der Waals surface area contributed by atoms with Crippen molar-refractivity contribution in [1.82, 2.24) is 4.98 Å². The maximum atomic E-state index is 12.3. The lowest BCUT2D eigenvalue weighted by Gasteiger charge is -2.01. The molecule has 22 heavy (non-hydrogen) atoms. The first kappa shape index (κ1) is 15.2. The van der Waals surface area contributed by atoms with Crippen LogP contribution in [0.15, 0.2) is 52.3 Å². The number of hydrogen-bond donors (Lipinski definition) is 0. The van der Waals surface area contributed by atoms with Crippen LogP contribution in [0.5, 0.6) is 0 Å². The molecule has 3 nitrogen and oxygen atoms in total. The highest BCUT2D eigenvalue weighted by atomic mass is 32.2. The molecule has 2 aromatic heterocycles. The molecule has 0 saturated heterocycles. The maximum Gasteiger partial charge on any atom is 0.236 e. The smallest absolute Gasteiger partial charge is 0.236 e. The van der Waals surface area contributed by atoms with Gasteiger partial charge in [-0.25, -0.2) is 4.98 Å². The molecule has 1 aromatic carbocycles. The van der Waals surface area contributed by atoms with E-state index in [0.717, 1.165) is 22.8 Å². The summed E-state index contributed by atoms with van der Waals surface area (Å²) in [4.78, 5) is 5.50. The van der Waals surface area contributed by atoms with Crippen molar-refractivity contribution in [2.75, 3.05) is 5.75 Å². The van der Waals surface area contributed by atoms with Gasteiger partial charge in [0.2, 0.25) is 5.89 Å². The summed E-state index contributed by atoms with van der Waals surface area (Å²) in [6.07, 6.45) is 0.822. The Hall–Kier alpha value is -1.72. The van der Waals surface area contributed by atoms with Gasteiger partial charge < -0.3 is 4.42 Å². The Balaban J connectivity index is 1.62. The highest BCUT2D eigenvalue weighted by Crippen LogP contribution is 2.26. The summed E-state index contributed by atoms with van der Waals surface area (Å²) in [5, 5.41) is 1.99. The number of rotatable bonds is 6. The molecule has 5 heteroatoms. The molecule has 0 aliphatic rings. The van der Waals surface area contributed by atoms with E-state index in [4.69, 9.17) is 4.42 Å². The molecule has 0 saturated carbocycles. The Morgan fingerprint density at radius 3 is 2.73 bits per heavy atom. The molecule has 3 aromatic rings. The quantitative estimate of drug-likeness (QED) is 0.680. The molecule has 0 unspecified atom stereocenters. The molecule has 114 valence electrons. The van der Waals surface area contributed by atoms with Crippen LogP contribution in [0.2, 0.25) is 0 Å². The first-order chi connectivity index (χ1) is 10.7. The van der Waals surface area contributed by atoms with Crippen LogP contribution < -0.4 is 0 Å². The lowest BCUT2D eigenvalue weighted by atomic mass is 10.2. The van der Waals surface area contributed by atoms with E-state index in [9.17, 15) is 4.21 Å². The number of nitrogens with zero attached hydrogens (tertiary/aromatic N) is 1. The Labute approximate surface area is 136 Å². The van der Waals surface area contributed by atoms with Crippen LogP contribution in [0.1, 0.15) is 17.0 Å². The van der Waals surface area contributed by atoms with Crippen molar-refractivity contribution >= 4 is 22.1 Å². The van der Waals surface area contributed by atoms with Gasteiger partial charge in [0.05, 0.1) is 16.3 Å². The molecule has 0 aliphatic carbocycles. The number of benzene rings is 1. The molecule has 0 amide bonds. The van der Waals surface area contributed by atoms with Gasteiger partial charge in [0, 0.05) is 16.6 Å². The third-order valence-corrected chi connectivity index (χ3v) is 5.50. The molecule has 0 aliphatic heterocycles. The zero-order chi connectivity index (χ0) is 15.4. The Morgan fingerprint density at radius 1 is 1.18 bits per heavy atom. The fourth-order valence-corrected chi connectivity index (χ4v) is 4.00. The summed E-state index contributed by atoms with van der Waals surface area (Å²) in [6.45, 7) is 1.88. The van der Waals surface area contributed by atoms with Crippen molar-refractivity contribution in [3.63, 3.8) is 0 Å². The van der Waals surface area contributed by atoms with E-state index >= 15 is 0 Å². The van der Waals surface area contributed by atoms with E-state index < -0.39 is 10.8 Å². The van der Waals surface area contributed by atoms with Crippen molar-refractivity contribution in [1.29, 1.82) is 0 Å². The van der Waals surface area contributed by atoms with E-state index in [2.05, 4.69) is 17.1 Å². The SMILES string of the molecule is Cc1oc(-c2cccs2)nc1C[S@](=O)CCc1ccccc1. The van der Waals surface area contributed by atoms with Gasteiger partial charge in [0.1, 0.15) is 5.76 Å². The summed E-state index contributed by atoms with van der Waals surface area (Å²) >= 11 is 1.59. The summed E-state index contributed by atoms with van der Waals surface area (Å²) in [7, 11) is -0.934. The van der Waals surface area contributed by atoms with Crippen LogP contribution in [0.3, 0.4) is 0 Å². The fourth-order valence-electron chi connectivity index (χ4n) is 2.17. The topological polar surface area (TPSA) is 43.1 Å². The normalized spacial score (nSPS) is 12.4. The second-order valence-electron chi connectivity index (χ2n) is 5.02. The van der Waals surface area contributed by atoms with E-state index in [1.165, 1.54) is 5.56 Å². The van der Waals surface area contributed by atoms with E-state index in [0.29, 0.717) is 17.4 Å². The van der Waals surface area contributed by atoms with Crippen LogP contribution >= 0.6 is 11.3 Å². The summed E-state index contributed by atoms with van der Waals surface area (Å²) < 4.78 is 18.0. The molecular weight excluding hydrogens is 314 g/mol. The van der Waals surface area contributed by atoms with Crippen LogP contribution in [0, 0.1) is 6.92 Å². The van der Waals surface area contributed by atoms with Crippen molar-refractivity contribution in [3.05, 3.63) is 64.9 Å². The van der Waals surface area contributed by atoms with Gasteiger partial charge in [-0.3, -0.25) is 4.21 Å². The predicted octanol–water partition coefficient (Wildman–Crippen LogP) is 4.20. The third kappa shape index (κ3) is 3.72. The van der Waals surface area contributed by atoms with Gasteiger partial charge in [-0.2, -0.15) is 0 Å². The van der Waals surface area contributed by atoms with Gasteiger partial charge in [-0.05, 0) is 30.4 Å². The second kappa shape index (κ2) is 7.03. The molecule has 0 spiro atoms. The van der Waals surface area contributed by atoms with E-state index in [1.54, 1.807) is 11.3 Å². The lowest BCUT2D eigenvalue weighted by molar-refractivity contribution is 0.541. The lowest BCUT2D eigenvalue weighted by Crippen LogP contribution is -2.05.